The highest BCUT2D eigenvalue weighted by Crippen LogP contribution is 2.35. The molecular formula is C19H20N4O5. The number of hydrogen-bond donors (Lipinski definition) is 4. The second kappa shape index (κ2) is 6.99. The molecule has 0 saturated carbocycles. The third kappa shape index (κ3) is 3.55. The average molecular weight is 384 g/mol. The maximum atomic E-state index is 11.8. The summed E-state index contributed by atoms with van der Waals surface area (Å²) in [6.45, 7) is 2.62. The van der Waals surface area contributed by atoms with Crippen LogP contribution in [0.4, 0.5) is 0 Å². The first kappa shape index (κ1) is 19.4. The second-order valence-electron chi connectivity index (χ2n) is 6.75. The van der Waals surface area contributed by atoms with Gasteiger partial charge in [0.2, 0.25) is 0 Å². The number of nitrogens with zero attached hydrogens (tertiary/aromatic N) is 2. The van der Waals surface area contributed by atoms with Gasteiger partial charge in [0.1, 0.15) is 22.9 Å². The van der Waals surface area contributed by atoms with Gasteiger partial charge in [-0.25, -0.2) is 4.98 Å². The van der Waals surface area contributed by atoms with Crippen molar-refractivity contribution in [3.8, 4) is 29.0 Å². The molecule has 1 aliphatic rings. The highest BCUT2D eigenvalue weighted by molar-refractivity contribution is 5.93. The van der Waals surface area contributed by atoms with Crippen molar-refractivity contribution in [2.24, 2.45) is 11.5 Å². The number of primary amides is 2. The molecule has 1 aromatic carbocycles. The Morgan fingerprint density at radius 2 is 2.14 bits per heavy atom. The van der Waals surface area contributed by atoms with Crippen LogP contribution in [0.5, 0.6) is 5.75 Å². The molecule has 9 heteroatoms. The highest BCUT2D eigenvalue weighted by Gasteiger charge is 2.30. The number of benzene rings is 1. The van der Waals surface area contributed by atoms with E-state index in [-0.39, 0.29) is 12.2 Å². The number of amides is 2. The quantitative estimate of drug-likeness (QED) is 0.513. The SMILES string of the molecule is Cc1c(C(N)=O)nc2n1CC(C(N)=O)Oc1ccc(C#CC(C)(O)CO)cc1-2. The second-order valence-corrected chi connectivity index (χ2v) is 6.75. The number of hydrogen-bond acceptors (Lipinski definition) is 6. The van der Waals surface area contributed by atoms with Crippen molar-refractivity contribution in [3.05, 3.63) is 35.2 Å². The van der Waals surface area contributed by atoms with E-state index in [0.717, 1.165) is 0 Å². The fourth-order valence-corrected chi connectivity index (χ4v) is 2.83. The third-order valence-electron chi connectivity index (χ3n) is 4.39. The molecule has 0 radical (unpaired) electrons. The van der Waals surface area contributed by atoms with Crippen LogP contribution in [-0.2, 0) is 11.3 Å². The van der Waals surface area contributed by atoms with E-state index in [1.807, 2.05) is 0 Å². The highest BCUT2D eigenvalue weighted by atomic mass is 16.5. The molecule has 3 rings (SSSR count). The van der Waals surface area contributed by atoms with Gasteiger partial charge < -0.3 is 31.0 Å². The maximum Gasteiger partial charge on any atom is 0.269 e. The van der Waals surface area contributed by atoms with Crippen LogP contribution in [0.3, 0.4) is 0 Å². The number of imidazole rings is 1. The lowest BCUT2D eigenvalue weighted by Gasteiger charge is -2.15. The molecule has 0 fully saturated rings. The summed E-state index contributed by atoms with van der Waals surface area (Å²) in [6, 6.07) is 4.90. The van der Waals surface area contributed by atoms with Crippen molar-refractivity contribution in [1.29, 1.82) is 0 Å². The molecule has 2 heterocycles. The molecule has 6 N–H and O–H groups in total. The Balaban J connectivity index is 2.19. The summed E-state index contributed by atoms with van der Waals surface area (Å²) in [7, 11) is 0. The zero-order valence-electron chi connectivity index (χ0n) is 15.4. The van der Waals surface area contributed by atoms with Gasteiger partial charge in [-0.2, -0.15) is 0 Å². The van der Waals surface area contributed by atoms with Gasteiger partial charge in [0.15, 0.2) is 6.10 Å². The van der Waals surface area contributed by atoms with Gasteiger partial charge in [0, 0.05) is 11.3 Å². The number of carbonyl (C=O) groups is 2. The minimum Gasteiger partial charge on any atom is -0.478 e. The molecule has 2 atom stereocenters. The zero-order valence-corrected chi connectivity index (χ0v) is 15.4. The molecule has 0 aliphatic carbocycles. The van der Waals surface area contributed by atoms with Gasteiger partial charge in [-0.1, -0.05) is 11.8 Å². The number of aliphatic hydroxyl groups excluding tert-OH is 1. The molecular weight excluding hydrogens is 364 g/mol. The van der Waals surface area contributed by atoms with E-state index in [4.69, 9.17) is 21.3 Å². The van der Waals surface area contributed by atoms with E-state index in [2.05, 4.69) is 16.8 Å². The summed E-state index contributed by atoms with van der Waals surface area (Å²) >= 11 is 0. The van der Waals surface area contributed by atoms with Crippen LogP contribution in [0.1, 0.15) is 28.7 Å². The normalized spacial score (nSPS) is 17.1. The smallest absolute Gasteiger partial charge is 0.269 e. The topological polar surface area (TPSA) is 154 Å². The van der Waals surface area contributed by atoms with Crippen LogP contribution in [0.2, 0.25) is 0 Å². The van der Waals surface area contributed by atoms with Gasteiger partial charge in [0.25, 0.3) is 11.8 Å². The van der Waals surface area contributed by atoms with Gasteiger partial charge in [-0.3, -0.25) is 9.59 Å². The lowest BCUT2D eigenvalue weighted by atomic mass is 10.1. The number of rotatable bonds is 3. The van der Waals surface area contributed by atoms with E-state index in [9.17, 15) is 14.7 Å². The lowest BCUT2D eigenvalue weighted by molar-refractivity contribution is -0.125. The third-order valence-corrected chi connectivity index (χ3v) is 4.39. The Labute approximate surface area is 160 Å². The van der Waals surface area contributed by atoms with Crippen LogP contribution in [0.25, 0.3) is 11.4 Å². The largest absolute Gasteiger partial charge is 0.478 e. The molecule has 2 amide bonds. The number of aromatic nitrogens is 2. The van der Waals surface area contributed by atoms with Gasteiger partial charge >= 0.3 is 0 Å². The molecule has 1 aromatic heterocycles. The Hall–Kier alpha value is -3.35. The Bertz CT molecular complexity index is 1030. The lowest BCUT2D eigenvalue weighted by Crippen LogP contribution is -2.37. The molecule has 2 unspecified atom stereocenters. The predicted molar refractivity (Wildman–Crippen MR) is 99.1 cm³/mol. The summed E-state index contributed by atoms with van der Waals surface area (Å²) in [4.78, 5) is 27.8. The van der Waals surface area contributed by atoms with Crippen LogP contribution in [-0.4, -0.2) is 49.9 Å². The fourth-order valence-electron chi connectivity index (χ4n) is 2.83. The Morgan fingerprint density at radius 3 is 2.75 bits per heavy atom. The summed E-state index contributed by atoms with van der Waals surface area (Å²) < 4.78 is 7.40. The standard InChI is InChI=1S/C19H20N4O5/c1-10-15(17(21)26)22-18-12-7-11(5-6-19(2,27)9-24)3-4-13(12)28-14(16(20)25)8-23(10)18/h3-4,7,14,24,27H,8-9H2,1-2H3,(H2,20,25)(H2,21,26). The molecule has 9 nitrogen and oxygen atoms in total. The van der Waals surface area contributed by atoms with Gasteiger partial charge in [-0.15, -0.1) is 0 Å². The minimum atomic E-state index is -1.55. The summed E-state index contributed by atoms with van der Waals surface area (Å²) in [5.74, 6) is 4.75. The van der Waals surface area contributed by atoms with E-state index < -0.39 is 30.1 Å². The van der Waals surface area contributed by atoms with E-state index in [1.165, 1.54) is 6.92 Å². The van der Waals surface area contributed by atoms with Crippen molar-refractivity contribution in [2.45, 2.75) is 32.1 Å². The molecule has 0 bridgehead atoms. The first-order valence-electron chi connectivity index (χ1n) is 8.46. The molecule has 1 aliphatic heterocycles. The van der Waals surface area contributed by atoms with Crippen LogP contribution in [0, 0.1) is 18.8 Å². The molecule has 2 aromatic rings. The molecule has 0 spiro atoms. The first-order valence-corrected chi connectivity index (χ1v) is 8.46. The average Bonchev–Trinajstić information content (AvgIpc) is 2.87. The number of aliphatic hydroxyl groups is 2. The molecule has 28 heavy (non-hydrogen) atoms. The predicted octanol–water partition coefficient (Wildman–Crippen LogP) is -0.701. The zero-order chi connectivity index (χ0) is 20.6. The van der Waals surface area contributed by atoms with Crippen LogP contribution < -0.4 is 16.2 Å². The minimum absolute atomic E-state index is 0.0751. The number of ether oxygens (including phenoxy) is 1. The van der Waals surface area contributed by atoms with Crippen molar-refractivity contribution in [3.63, 3.8) is 0 Å². The van der Waals surface area contributed by atoms with Crippen molar-refractivity contribution in [2.75, 3.05) is 6.61 Å². The van der Waals surface area contributed by atoms with Crippen LogP contribution in [0.15, 0.2) is 18.2 Å². The van der Waals surface area contributed by atoms with E-state index >= 15 is 0 Å². The number of carbonyl (C=O) groups excluding carboxylic acids is 2. The monoisotopic (exact) mass is 384 g/mol. The Kier molecular flexibility index (Phi) is 4.85. The first-order chi connectivity index (χ1) is 13.1. The van der Waals surface area contributed by atoms with Crippen molar-refractivity contribution < 1.29 is 24.5 Å². The summed E-state index contributed by atoms with van der Waals surface area (Å²) in [6.07, 6.45) is -0.958. The van der Waals surface area contributed by atoms with Gasteiger partial charge in [-0.05, 0) is 32.0 Å². The van der Waals surface area contributed by atoms with Crippen LogP contribution >= 0.6 is 0 Å². The summed E-state index contributed by atoms with van der Waals surface area (Å²) in [5.41, 5.74) is 10.9. The molecule has 0 saturated heterocycles. The Morgan fingerprint density at radius 1 is 1.43 bits per heavy atom. The van der Waals surface area contributed by atoms with Crippen molar-refractivity contribution >= 4 is 11.8 Å². The van der Waals surface area contributed by atoms with E-state index in [1.54, 1.807) is 29.7 Å². The summed E-state index contributed by atoms with van der Waals surface area (Å²) in [5, 5.41) is 19.0. The number of nitrogens with two attached hydrogens (primary N) is 2. The van der Waals surface area contributed by atoms with Crippen molar-refractivity contribution in [1.82, 2.24) is 9.55 Å². The van der Waals surface area contributed by atoms with Gasteiger partial charge in [0.05, 0.1) is 18.7 Å². The number of fused-ring (bicyclic) bond motifs is 3. The maximum absolute atomic E-state index is 11.8. The van der Waals surface area contributed by atoms with E-state index in [0.29, 0.717) is 28.4 Å². The molecule has 146 valence electrons. The fraction of sp³-hybridized carbons (Fsp3) is 0.316.